The molecule has 2 heterocycles. The monoisotopic (exact) mass is 557 g/mol. The van der Waals surface area contributed by atoms with Crippen molar-refractivity contribution in [2.24, 2.45) is 0 Å². The quantitative estimate of drug-likeness (QED) is 0.441. The topological polar surface area (TPSA) is 129 Å². The zero-order valence-corrected chi connectivity index (χ0v) is 21.4. The molecule has 1 fully saturated rings. The number of rotatable bonds is 10. The van der Waals surface area contributed by atoms with E-state index >= 15 is 0 Å². The van der Waals surface area contributed by atoms with Crippen LogP contribution in [0.4, 0.5) is 34.1 Å². The molecule has 38 heavy (non-hydrogen) atoms. The summed E-state index contributed by atoms with van der Waals surface area (Å²) in [5.74, 6) is -0.666. The molecule has 0 atom stereocenters. The number of likely N-dealkylation sites (N-methyl/N-ethyl adjacent to an activating group) is 1. The fourth-order valence-electron chi connectivity index (χ4n) is 3.67. The lowest BCUT2D eigenvalue weighted by Crippen LogP contribution is -2.33. The van der Waals surface area contributed by atoms with Crippen molar-refractivity contribution in [1.82, 2.24) is 14.8 Å². The number of hydrogen-bond acceptors (Lipinski definition) is 8. The van der Waals surface area contributed by atoms with Gasteiger partial charge in [-0.05, 0) is 49.0 Å². The Morgan fingerprint density at radius 2 is 1.79 bits per heavy atom. The number of anilines is 2. The van der Waals surface area contributed by atoms with E-state index in [-0.39, 0.29) is 31.1 Å². The number of carbonyl (C=O) groups is 3. The van der Waals surface area contributed by atoms with Crippen molar-refractivity contribution in [2.45, 2.75) is 30.8 Å². The van der Waals surface area contributed by atoms with Gasteiger partial charge < -0.3 is 14.5 Å². The second kappa shape index (κ2) is 11.8. The average Bonchev–Trinajstić information content (AvgIpc) is 3.14. The van der Waals surface area contributed by atoms with Crippen LogP contribution in [0.2, 0.25) is 0 Å². The number of halogens is 3. The summed E-state index contributed by atoms with van der Waals surface area (Å²) < 4.78 is 66.7. The van der Waals surface area contributed by atoms with Crippen molar-refractivity contribution in [3.63, 3.8) is 0 Å². The van der Waals surface area contributed by atoms with Crippen molar-refractivity contribution in [3.05, 3.63) is 48.3 Å². The van der Waals surface area contributed by atoms with E-state index in [1.165, 1.54) is 12.4 Å². The van der Waals surface area contributed by atoms with Crippen molar-refractivity contribution in [1.29, 1.82) is 0 Å². The minimum absolute atomic E-state index is 0.0894. The van der Waals surface area contributed by atoms with E-state index in [9.17, 15) is 36.0 Å². The number of aromatic nitrogens is 1. The van der Waals surface area contributed by atoms with Crippen LogP contribution in [-0.2, 0) is 25.9 Å². The first-order valence-corrected chi connectivity index (χ1v) is 13.0. The number of ether oxygens (including phenoxy) is 1. The number of amides is 4. The highest BCUT2D eigenvalue weighted by Gasteiger charge is 2.47. The fourth-order valence-corrected chi connectivity index (χ4v) is 4.43. The third-order valence-corrected chi connectivity index (χ3v) is 7.29. The van der Waals surface area contributed by atoms with E-state index in [0.29, 0.717) is 24.2 Å². The zero-order chi connectivity index (χ0) is 28.1. The molecule has 11 nitrogen and oxygen atoms in total. The highest BCUT2D eigenvalue weighted by molar-refractivity contribution is 7.92. The lowest BCUT2D eigenvalue weighted by Gasteiger charge is -2.19. The highest BCUT2D eigenvalue weighted by Crippen LogP contribution is 2.32. The highest BCUT2D eigenvalue weighted by atomic mass is 32.2. The number of nitrogens with zero attached hydrogens (tertiary/aromatic N) is 4. The molecule has 1 N–H and O–H groups in total. The summed E-state index contributed by atoms with van der Waals surface area (Å²) >= 11 is 0. The van der Waals surface area contributed by atoms with Gasteiger partial charge in [-0.25, -0.2) is 22.9 Å². The van der Waals surface area contributed by atoms with Gasteiger partial charge in [-0.3, -0.25) is 15.1 Å². The Balaban J connectivity index is 1.68. The molecule has 4 amide bonds. The Bertz CT molecular complexity index is 1280. The summed E-state index contributed by atoms with van der Waals surface area (Å²) in [6, 6.07) is 4.03. The minimum atomic E-state index is -5.58. The summed E-state index contributed by atoms with van der Waals surface area (Å²) in [5, 5.41) is 2.57. The smallest absolute Gasteiger partial charge is 0.448 e. The van der Waals surface area contributed by atoms with Gasteiger partial charge in [-0.2, -0.15) is 13.2 Å². The number of urea groups is 1. The number of hydrogen-bond donors (Lipinski definition) is 1. The average molecular weight is 558 g/mol. The number of nitrogens with one attached hydrogen (secondary N) is 1. The predicted molar refractivity (Wildman–Crippen MR) is 130 cm³/mol. The number of alkyl halides is 3. The molecule has 15 heteroatoms. The molecular weight excluding hydrogens is 531 g/mol. The molecule has 0 saturated carbocycles. The standard InChI is InChI=1S/C23H26F3N5O6S/c1-3-29(4-2)11-12-37-21(33)28-19-13-27-10-9-16(19)14-30-15-20(32)31(22(30)34)17-5-7-18(8-6-17)38(35,36)23(24,25)26/h5-10,13H,3-4,11-12,14-15H2,1-2H3,(H,28,33). The number of pyridine rings is 1. The van der Waals surface area contributed by atoms with Crippen LogP contribution in [0.3, 0.4) is 0 Å². The van der Waals surface area contributed by atoms with Gasteiger partial charge in [0.25, 0.3) is 15.7 Å². The SMILES string of the molecule is CCN(CC)CCOC(=O)Nc1cnccc1CN1CC(=O)N(c2ccc(S(=O)(=O)C(F)(F)F)cc2)C1=O. The normalized spacial score (nSPS) is 14.4. The van der Waals surface area contributed by atoms with E-state index in [4.69, 9.17) is 4.74 Å². The van der Waals surface area contributed by atoms with Crippen molar-refractivity contribution >= 4 is 39.2 Å². The molecule has 1 aromatic heterocycles. The molecule has 1 aliphatic rings. The van der Waals surface area contributed by atoms with E-state index in [2.05, 4.69) is 15.2 Å². The largest absolute Gasteiger partial charge is 0.501 e. The number of carbonyl (C=O) groups excluding carboxylic acids is 3. The summed E-state index contributed by atoms with van der Waals surface area (Å²) in [6.45, 7) is 5.88. The first-order valence-electron chi connectivity index (χ1n) is 11.5. The van der Waals surface area contributed by atoms with Crippen LogP contribution in [0.25, 0.3) is 0 Å². The van der Waals surface area contributed by atoms with Gasteiger partial charge in [-0.1, -0.05) is 13.8 Å². The third kappa shape index (κ3) is 6.39. The van der Waals surface area contributed by atoms with Gasteiger partial charge in [-0.15, -0.1) is 0 Å². The number of sulfone groups is 1. The van der Waals surface area contributed by atoms with E-state index in [0.717, 1.165) is 35.0 Å². The van der Waals surface area contributed by atoms with E-state index < -0.39 is 38.3 Å². The van der Waals surface area contributed by atoms with Gasteiger partial charge >= 0.3 is 17.6 Å². The molecule has 0 spiro atoms. The number of benzene rings is 1. The number of imide groups is 1. The Hall–Kier alpha value is -3.72. The second-order valence-electron chi connectivity index (χ2n) is 8.13. The lowest BCUT2D eigenvalue weighted by molar-refractivity contribution is -0.116. The maximum absolute atomic E-state index is 13.0. The first-order chi connectivity index (χ1) is 17.9. The van der Waals surface area contributed by atoms with Crippen LogP contribution in [0.5, 0.6) is 0 Å². The lowest BCUT2D eigenvalue weighted by atomic mass is 10.2. The Morgan fingerprint density at radius 3 is 2.39 bits per heavy atom. The summed E-state index contributed by atoms with van der Waals surface area (Å²) in [4.78, 5) is 44.7. The molecule has 0 unspecified atom stereocenters. The molecule has 0 aliphatic carbocycles. The van der Waals surface area contributed by atoms with Gasteiger partial charge in [0.1, 0.15) is 13.2 Å². The molecular formula is C23H26F3N5O6S. The van der Waals surface area contributed by atoms with Crippen LogP contribution in [0.15, 0.2) is 47.6 Å². The Morgan fingerprint density at radius 1 is 1.13 bits per heavy atom. The van der Waals surface area contributed by atoms with Crippen LogP contribution < -0.4 is 10.2 Å². The Kier molecular flexibility index (Phi) is 8.93. The molecule has 206 valence electrons. The fraction of sp³-hybridized carbons (Fsp3) is 0.391. The van der Waals surface area contributed by atoms with Crippen LogP contribution >= 0.6 is 0 Å². The van der Waals surface area contributed by atoms with Crippen LogP contribution in [0.1, 0.15) is 19.4 Å². The van der Waals surface area contributed by atoms with Gasteiger partial charge in [0, 0.05) is 12.7 Å². The van der Waals surface area contributed by atoms with Gasteiger partial charge in [0.05, 0.1) is 29.0 Å². The van der Waals surface area contributed by atoms with Crippen LogP contribution in [0, 0.1) is 0 Å². The van der Waals surface area contributed by atoms with Gasteiger partial charge in [0.15, 0.2) is 0 Å². The molecule has 1 aliphatic heterocycles. The summed E-state index contributed by atoms with van der Waals surface area (Å²) in [6.07, 6.45) is 2.08. The maximum atomic E-state index is 13.0. The van der Waals surface area contributed by atoms with Crippen molar-refractivity contribution in [3.8, 4) is 0 Å². The van der Waals surface area contributed by atoms with Crippen molar-refractivity contribution in [2.75, 3.05) is 43.0 Å². The molecule has 3 rings (SSSR count). The minimum Gasteiger partial charge on any atom is -0.448 e. The Labute approximate surface area is 217 Å². The van der Waals surface area contributed by atoms with Crippen LogP contribution in [-0.4, -0.2) is 79.5 Å². The van der Waals surface area contributed by atoms with Crippen molar-refractivity contribution < 1.29 is 40.7 Å². The van der Waals surface area contributed by atoms with E-state index in [1.807, 2.05) is 13.8 Å². The van der Waals surface area contributed by atoms with Gasteiger partial charge in [0.2, 0.25) is 0 Å². The predicted octanol–water partition coefficient (Wildman–Crippen LogP) is 3.23. The summed E-state index contributed by atoms with van der Waals surface area (Å²) in [5.41, 5.74) is -4.86. The summed E-state index contributed by atoms with van der Waals surface area (Å²) in [7, 11) is -5.58. The van der Waals surface area contributed by atoms with E-state index in [1.54, 1.807) is 6.07 Å². The molecule has 0 bridgehead atoms. The zero-order valence-electron chi connectivity index (χ0n) is 20.6. The molecule has 1 aromatic carbocycles. The molecule has 0 radical (unpaired) electrons. The maximum Gasteiger partial charge on any atom is 0.501 e. The third-order valence-electron chi connectivity index (χ3n) is 5.79. The second-order valence-corrected chi connectivity index (χ2v) is 10.1. The first kappa shape index (κ1) is 28.8. The molecule has 2 aromatic rings. The molecule has 1 saturated heterocycles.